The van der Waals surface area contributed by atoms with E-state index in [0.717, 1.165) is 36.9 Å². The fourth-order valence-corrected chi connectivity index (χ4v) is 6.43. The molecule has 0 N–H and O–H groups in total. The number of fused-ring (bicyclic) bond motifs is 1. The summed E-state index contributed by atoms with van der Waals surface area (Å²) in [6.45, 7) is 1.68. The third kappa shape index (κ3) is 2.90. The SMILES string of the molecule is O=C(c1sccc1S(=O)(=O)N1CCCCC1)N1CCc2ccccc21. The van der Waals surface area contributed by atoms with Gasteiger partial charge in [0.05, 0.1) is 0 Å². The maximum absolute atomic E-state index is 13.1. The van der Waals surface area contributed by atoms with Crippen LogP contribution in [0.4, 0.5) is 5.69 Å². The first-order chi connectivity index (χ1) is 12.1. The fourth-order valence-electron chi connectivity index (χ4n) is 3.57. The van der Waals surface area contributed by atoms with E-state index in [0.29, 0.717) is 24.5 Å². The number of anilines is 1. The average Bonchev–Trinajstić information content (AvgIpc) is 3.29. The summed E-state index contributed by atoms with van der Waals surface area (Å²) in [6, 6.07) is 9.38. The zero-order valence-electron chi connectivity index (χ0n) is 13.8. The number of carbonyl (C=O) groups is 1. The smallest absolute Gasteiger partial charge is 0.269 e. The number of para-hydroxylation sites is 1. The molecule has 1 aromatic heterocycles. The maximum Gasteiger partial charge on any atom is 0.269 e. The highest BCUT2D eigenvalue weighted by Crippen LogP contribution is 2.33. The Labute approximate surface area is 151 Å². The third-order valence-corrected chi connectivity index (χ3v) is 7.86. The Balaban J connectivity index is 1.67. The van der Waals surface area contributed by atoms with Crippen LogP contribution in [0.2, 0.25) is 0 Å². The molecule has 1 aromatic carbocycles. The minimum absolute atomic E-state index is 0.161. The van der Waals surface area contributed by atoms with E-state index in [1.54, 1.807) is 16.3 Å². The lowest BCUT2D eigenvalue weighted by molar-refractivity contribution is 0.0990. The summed E-state index contributed by atoms with van der Waals surface area (Å²) in [6.07, 6.45) is 3.63. The van der Waals surface area contributed by atoms with Crippen LogP contribution in [0.5, 0.6) is 0 Å². The fraction of sp³-hybridized carbons (Fsp3) is 0.389. The Hall–Kier alpha value is -1.70. The van der Waals surface area contributed by atoms with Crippen LogP contribution in [-0.4, -0.2) is 38.3 Å². The van der Waals surface area contributed by atoms with E-state index in [1.807, 2.05) is 24.3 Å². The van der Waals surface area contributed by atoms with Crippen LogP contribution < -0.4 is 4.90 Å². The molecule has 5 nitrogen and oxygen atoms in total. The van der Waals surface area contributed by atoms with Crippen LogP contribution in [0.1, 0.15) is 34.5 Å². The molecule has 1 fully saturated rings. The Bertz CT molecular complexity index is 899. The molecule has 132 valence electrons. The number of benzene rings is 1. The molecule has 0 saturated carbocycles. The highest BCUT2D eigenvalue weighted by molar-refractivity contribution is 7.89. The van der Waals surface area contributed by atoms with Crippen LogP contribution in [0, 0.1) is 0 Å². The number of hydrogen-bond acceptors (Lipinski definition) is 4. The van der Waals surface area contributed by atoms with Crippen molar-refractivity contribution in [3.8, 4) is 0 Å². The third-order valence-electron chi connectivity index (χ3n) is 4.89. The van der Waals surface area contributed by atoms with Crippen molar-refractivity contribution in [2.45, 2.75) is 30.6 Å². The summed E-state index contributed by atoms with van der Waals surface area (Å²) in [5.74, 6) is -0.212. The molecule has 2 aromatic rings. The van der Waals surface area contributed by atoms with Gasteiger partial charge in [-0.3, -0.25) is 4.79 Å². The van der Waals surface area contributed by atoms with E-state index in [-0.39, 0.29) is 10.8 Å². The topological polar surface area (TPSA) is 57.7 Å². The molecule has 2 aliphatic rings. The van der Waals surface area contributed by atoms with E-state index < -0.39 is 10.0 Å². The van der Waals surface area contributed by atoms with Crippen molar-refractivity contribution in [2.75, 3.05) is 24.5 Å². The first-order valence-electron chi connectivity index (χ1n) is 8.56. The first kappa shape index (κ1) is 16.8. The lowest BCUT2D eigenvalue weighted by atomic mass is 10.2. The van der Waals surface area contributed by atoms with Crippen molar-refractivity contribution in [2.24, 2.45) is 0 Å². The van der Waals surface area contributed by atoms with Gasteiger partial charge in [-0.2, -0.15) is 4.31 Å². The van der Waals surface area contributed by atoms with E-state index >= 15 is 0 Å². The number of sulfonamides is 1. The summed E-state index contributed by atoms with van der Waals surface area (Å²) >= 11 is 1.21. The molecule has 0 radical (unpaired) electrons. The van der Waals surface area contributed by atoms with Crippen molar-refractivity contribution in [1.82, 2.24) is 4.31 Å². The normalized spacial score (nSPS) is 18.3. The molecule has 0 spiro atoms. The molecule has 0 unspecified atom stereocenters. The minimum Gasteiger partial charge on any atom is -0.307 e. The van der Waals surface area contributed by atoms with Gasteiger partial charge < -0.3 is 4.90 Å². The molecule has 1 saturated heterocycles. The number of nitrogens with zero attached hydrogens (tertiary/aromatic N) is 2. The van der Waals surface area contributed by atoms with Crippen LogP contribution >= 0.6 is 11.3 Å². The highest BCUT2D eigenvalue weighted by Gasteiger charge is 2.34. The maximum atomic E-state index is 13.1. The quantitative estimate of drug-likeness (QED) is 0.827. The Kier molecular flexibility index (Phi) is 4.39. The highest BCUT2D eigenvalue weighted by atomic mass is 32.2. The van der Waals surface area contributed by atoms with Crippen LogP contribution in [0.25, 0.3) is 0 Å². The molecule has 4 rings (SSSR count). The summed E-state index contributed by atoms with van der Waals surface area (Å²) in [5, 5.41) is 1.70. The second-order valence-corrected chi connectivity index (χ2v) is 9.24. The number of hydrogen-bond donors (Lipinski definition) is 0. The van der Waals surface area contributed by atoms with Gasteiger partial charge >= 0.3 is 0 Å². The zero-order chi connectivity index (χ0) is 17.4. The van der Waals surface area contributed by atoms with Gasteiger partial charge in [0.25, 0.3) is 5.91 Å². The number of carbonyl (C=O) groups excluding carboxylic acids is 1. The van der Waals surface area contributed by atoms with Gasteiger partial charge in [-0.1, -0.05) is 24.6 Å². The predicted molar refractivity (Wildman–Crippen MR) is 98.8 cm³/mol. The van der Waals surface area contributed by atoms with Crippen molar-refractivity contribution in [3.05, 3.63) is 46.2 Å². The van der Waals surface area contributed by atoms with E-state index in [4.69, 9.17) is 0 Å². The van der Waals surface area contributed by atoms with Crippen molar-refractivity contribution in [1.29, 1.82) is 0 Å². The molecule has 1 amide bonds. The van der Waals surface area contributed by atoms with E-state index in [1.165, 1.54) is 15.6 Å². The Morgan fingerprint density at radius 2 is 1.76 bits per heavy atom. The number of rotatable bonds is 3. The molecule has 0 atom stereocenters. The van der Waals surface area contributed by atoms with Gasteiger partial charge in [0.2, 0.25) is 10.0 Å². The summed E-state index contributed by atoms with van der Waals surface area (Å²) in [5.41, 5.74) is 2.02. The number of piperidine rings is 1. The van der Waals surface area contributed by atoms with Crippen molar-refractivity contribution in [3.63, 3.8) is 0 Å². The largest absolute Gasteiger partial charge is 0.307 e. The molecule has 25 heavy (non-hydrogen) atoms. The molecule has 0 aliphatic carbocycles. The van der Waals surface area contributed by atoms with Crippen LogP contribution in [-0.2, 0) is 16.4 Å². The number of amides is 1. The standard InChI is InChI=1S/C18H20N2O3S2/c21-18(20-12-8-14-6-2-3-7-15(14)20)17-16(9-13-24-17)25(22,23)19-10-4-1-5-11-19/h2-3,6-7,9,13H,1,4-5,8,10-12H2. The summed E-state index contributed by atoms with van der Waals surface area (Å²) in [7, 11) is -3.61. The molecule has 2 aliphatic heterocycles. The van der Waals surface area contributed by atoms with E-state index in [9.17, 15) is 13.2 Å². The Morgan fingerprint density at radius 3 is 2.56 bits per heavy atom. The van der Waals surface area contributed by atoms with Crippen LogP contribution in [0.15, 0.2) is 40.6 Å². The second kappa shape index (κ2) is 6.55. The second-order valence-electron chi connectivity index (χ2n) is 6.41. The lowest BCUT2D eigenvalue weighted by Crippen LogP contribution is -2.37. The average molecular weight is 377 g/mol. The van der Waals surface area contributed by atoms with Gasteiger partial charge in [-0.05, 0) is 42.3 Å². The van der Waals surface area contributed by atoms with E-state index in [2.05, 4.69) is 0 Å². The zero-order valence-corrected chi connectivity index (χ0v) is 15.5. The van der Waals surface area contributed by atoms with Gasteiger partial charge in [-0.15, -0.1) is 11.3 Å². The monoisotopic (exact) mass is 376 g/mol. The molecule has 7 heteroatoms. The molecular formula is C18H20N2O3S2. The Morgan fingerprint density at radius 1 is 1.00 bits per heavy atom. The van der Waals surface area contributed by atoms with Gasteiger partial charge in [0, 0.05) is 25.3 Å². The van der Waals surface area contributed by atoms with Crippen molar-refractivity contribution >= 4 is 33.0 Å². The predicted octanol–water partition coefficient (Wildman–Crippen LogP) is 3.13. The molecule has 3 heterocycles. The molecular weight excluding hydrogens is 356 g/mol. The van der Waals surface area contributed by atoms with Crippen molar-refractivity contribution < 1.29 is 13.2 Å². The minimum atomic E-state index is -3.61. The first-order valence-corrected chi connectivity index (χ1v) is 10.9. The molecule has 0 bridgehead atoms. The number of thiophene rings is 1. The van der Waals surface area contributed by atoms with Crippen LogP contribution in [0.3, 0.4) is 0 Å². The van der Waals surface area contributed by atoms with Gasteiger partial charge in [0.15, 0.2) is 0 Å². The van der Waals surface area contributed by atoms with Gasteiger partial charge in [0.1, 0.15) is 9.77 Å². The summed E-state index contributed by atoms with van der Waals surface area (Å²) in [4.78, 5) is 15.3. The van der Waals surface area contributed by atoms with Gasteiger partial charge in [-0.25, -0.2) is 8.42 Å². The summed E-state index contributed by atoms with van der Waals surface area (Å²) < 4.78 is 27.5. The lowest BCUT2D eigenvalue weighted by Gasteiger charge is -2.26.